The van der Waals surface area contributed by atoms with Crippen LogP contribution >= 0.6 is 0 Å². The Labute approximate surface area is 413 Å². The second-order valence-corrected chi connectivity index (χ2v) is 20.1. The van der Waals surface area contributed by atoms with Crippen molar-refractivity contribution in [1.82, 2.24) is 49.6 Å². The number of fused-ring (bicyclic) bond motifs is 2. The first-order valence-corrected chi connectivity index (χ1v) is 25.6. The number of hydrogen-bond donors (Lipinski definition) is 2. The Morgan fingerprint density at radius 2 is 1.46 bits per heavy atom. The summed E-state index contributed by atoms with van der Waals surface area (Å²) in [5.74, 6) is 0.611. The molecule has 18 heteroatoms. The van der Waals surface area contributed by atoms with Crippen LogP contribution in [0.4, 0.5) is 16.3 Å². The number of amides is 6. The van der Waals surface area contributed by atoms with Crippen LogP contribution in [-0.4, -0.2) is 158 Å². The molecule has 0 spiro atoms. The third-order valence-electron chi connectivity index (χ3n) is 15.8. The number of hydrogen-bond acceptors (Lipinski definition) is 13. The minimum absolute atomic E-state index is 0.0964. The number of carbonyl (C=O) groups excluding carboxylic acids is 5. The standard InChI is InChI=1S/C53H62N12O6/c54-48-46-47(36-10-13-41(14-11-36)71-40-8-2-1-3-9-40)58-65(49(46)56-34-55-48)39-7-5-23-63(33-39)37-20-26-61(27-21-37)53(70)62-30-28-59(29-31-62)22-4-6-35-18-24-60(25-19-35)38-12-15-42-43(32-38)52(69)64(51(42)68)44-16-17-45(66)57-50(44)67/h1-3,8-15,32,34-35,37,39,44H,4-7,16-31,33H2,(H2,54,55,56)(H,57,66,67). The fourth-order valence-electron chi connectivity index (χ4n) is 11.8. The summed E-state index contributed by atoms with van der Waals surface area (Å²) < 4.78 is 8.11. The van der Waals surface area contributed by atoms with Crippen molar-refractivity contribution in [3.8, 4) is 22.8 Å². The van der Waals surface area contributed by atoms with E-state index in [9.17, 15) is 24.0 Å². The Balaban J connectivity index is 0.611. The van der Waals surface area contributed by atoms with Crippen molar-refractivity contribution >= 4 is 52.2 Å². The fraction of sp³-hybridized carbons (Fsp3) is 0.472. The van der Waals surface area contributed by atoms with Crippen LogP contribution in [-0.2, 0) is 9.59 Å². The third-order valence-corrected chi connectivity index (χ3v) is 15.8. The number of aromatic nitrogens is 4. The minimum Gasteiger partial charge on any atom is -0.457 e. The second kappa shape index (κ2) is 20.1. The first kappa shape index (κ1) is 46.5. The quantitative estimate of drug-likeness (QED) is 0.151. The summed E-state index contributed by atoms with van der Waals surface area (Å²) in [5.41, 5.74) is 10.5. The van der Waals surface area contributed by atoms with E-state index in [-0.39, 0.29) is 30.8 Å². The van der Waals surface area contributed by atoms with Crippen LogP contribution < -0.4 is 20.7 Å². The highest BCUT2D eigenvalue weighted by molar-refractivity contribution is 6.23. The van der Waals surface area contributed by atoms with E-state index in [1.165, 1.54) is 6.33 Å². The van der Waals surface area contributed by atoms with Crippen molar-refractivity contribution in [3.63, 3.8) is 0 Å². The van der Waals surface area contributed by atoms with Gasteiger partial charge in [-0.1, -0.05) is 18.2 Å². The molecule has 0 bridgehead atoms. The lowest BCUT2D eigenvalue weighted by atomic mass is 9.91. The van der Waals surface area contributed by atoms with E-state index in [1.54, 1.807) is 12.1 Å². The maximum atomic E-state index is 13.8. The molecule has 8 heterocycles. The molecule has 2 atom stereocenters. The van der Waals surface area contributed by atoms with Gasteiger partial charge in [-0.15, -0.1) is 0 Å². The zero-order valence-corrected chi connectivity index (χ0v) is 40.2. The molecule has 0 saturated carbocycles. The van der Waals surface area contributed by atoms with Gasteiger partial charge in [0.25, 0.3) is 11.8 Å². The van der Waals surface area contributed by atoms with E-state index < -0.39 is 23.8 Å². The lowest BCUT2D eigenvalue weighted by Crippen LogP contribution is -2.56. The summed E-state index contributed by atoms with van der Waals surface area (Å²) in [6.45, 7) is 9.49. The monoisotopic (exact) mass is 962 g/mol. The van der Waals surface area contributed by atoms with Crippen LogP contribution in [0.1, 0.15) is 91.0 Å². The highest BCUT2D eigenvalue weighted by Gasteiger charge is 2.45. The zero-order chi connectivity index (χ0) is 48.6. The number of nitrogens with zero attached hydrogens (tertiary/aromatic N) is 10. The molecule has 5 saturated heterocycles. The maximum absolute atomic E-state index is 13.8. The van der Waals surface area contributed by atoms with Crippen molar-refractivity contribution in [2.45, 2.75) is 82.3 Å². The summed E-state index contributed by atoms with van der Waals surface area (Å²) in [7, 11) is 0. The number of anilines is 2. The summed E-state index contributed by atoms with van der Waals surface area (Å²) in [4.78, 5) is 86.1. The second-order valence-electron chi connectivity index (χ2n) is 20.1. The minimum atomic E-state index is -0.967. The summed E-state index contributed by atoms with van der Waals surface area (Å²) in [5, 5.41) is 8.20. The zero-order valence-electron chi connectivity index (χ0n) is 40.2. The highest BCUT2D eigenvalue weighted by atomic mass is 16.5. The lowest BCUT2D eigenvalue weighted by Gasteiger charge is -2.44. The Morgan fingerprint density at radius 3 is 2.23 bits per heavy atom. The van der Waals surface area contributed by atoms with E-state index >= 15 is 0 Å². The molecule has 6 amide bonds. The molecule has 2 aromatic heterocycles. The predicted octanol–water partition coefficient (Wildman–Crippen LogP) is 5.80. The Bertz CT molecular complexity index is 2800. The molecule has 370 valence electrons. The molecule has 0 radical (unpaired) electrons. The van der Waals surface area contributed by atoms with Crippen molar-refractivity contribution in [2.75, 3.05) is 82.6 Å². The number of carbonyl (C=O) groups is 5. The number of nitrogens with one attached hydrogen (secondary N) is 1. The van der Waals surface area contributed by atoms with Crippen LogP contribution in [0.3, 0.4) is 0 Å². The topological polar surface area (TPSA) is 196 Å². The molecule has 11 rings (SSSR count). The van der Waals surface area contributed by atoms with Crippen LogP contribution in [0.15, 0.2) is 79.1 Å². The molecule has 5 aromatic rings. The lowest BCUT2D eigenvalue weighted by molar-refractivity contribution is -0.136. The van der Waals surface area contributed by atoms with Gasteiger partial charge < -0.3 is 25.2 Å². The van der Waals surface area contributed by atoms with Gasteiger partial charge in [-0.05, 0) is 131 Å². The average molecular weight is 963 g/mol. The molecule has 3 N–H and O–H groups in total. The van der Waals surface area contributed by atoms with Gasteiger partial charge in [-0.2, -0.15) is 5.10 Å². The van der Waals surface area contributed by atoms with Crippen LogP contribution in [0.5, 0.6) is 11.5 Å². The average Bonchev–Trinajstić information content (AvgIpc) is 3.92. The molecule has 5 fully saturated rings. The molecule has 6 aliphatic heterocycles. The number of nitrogens with two attached hydrogens (primary N) is 1. The molecule has 18 nitrogen and oxygen atoms in total. The number of likely N-dealkylation sites (tertiary alicyclic amines) is 2. The third kappa shape index (κ3) is 9.54. The van der Waals surface area contributed by atoms with Gasteiger partial charge in [0.15, 0.2) is 5.65 Å². The Hall–Kier alpha value is -6.92. The van der Waals surface area contributed by atoms with E-state index in [2.05, 4.69) is 39.5 Å². The fourth-order valence-corrected chi connectivity index (χ4v) is 11.8. The van der Waals surface area contributed by atoms with E-state index in [4.69, 9.17) is 20.6 Å². The number of benzene rings is 3. The van der Waals surface area contributed by atoms with Crippen molar-refractivity contribution in [3.05, 3.63) is 90.3 Å². The summed E-state index contributed by atoms with van der Waals surface area (Å²) in [6.07, 6.45) is 10.1. The number of nitrogen functional groups attached to an aromatic ring is 1. The number of rotatable bonds is 11. The number of piperidine rings is 4. The molecular weight excluding hydrogens is 901 g/mol. The number of urea groups is 1. The number of piperazine rings is 1. The van der Waals surface area contributed by atoms with Gasteiger partial charge >= 0.3 is 6.03 Å². The van der Waals surface area contributed by atoms with E-state index in [0.717, 1.165) is 168 Å². The van der Waals surface area contributed by atoms with Gasteiger partial charge in [0.2, 0.25) is 11.8 Å². The Morgan fingerprint density at radius 1 is 0.732 bits per heavy atom. The Kier molecular flexibility index (Phi) is 13.1. The van der Waals surface area contributed by atoms with E-state index in [0.29, 0.717) is 28.9 Å². The molecular formula is C53H62N12O6. The largest absolute Gasteiger partial charge is 0.457 e. The van der Waals surface area contributed by atoms with Gasteiger partial charge in [0, 0.05) is 82.6 Å². The molecule has 2 unspecified atom stereocenters. The van der Waals surface area contributed by atoms with Gasteiger partial charge in [0.05, 0.1) is 22.6 Å². The van der Waals surface area contributed by atoms with Crippen molar-refractivity contribution in [2.24, 2.45) is 5.92 Å². The van der Waals surface area contributed by atoms with Gasteiger partial charge in [-0.3, -0.25) is 39.2 Å². The first-order chi connectivity index (χ1) is 34.6. The molecule has 6 aliphatic rings. The normalized spacial score (nSPS) is 22.1. The van der Waals surface area contributed by atoms with Crippen LogP contribution in [0, 0.1) is 5.92 Å². The molecule has 71 heavy (non-hydrogen) atoms. The first-order valence-electron chi connectivity index (χ1n) is 25.6. The molecule has 3 aromatic carbocycles. The number of imide groups is 2. The van der Waals surface area contributed by atoms with Crippen molar-refractivity contribution in [1.29, 1.82) is 0 Å². The molecule has 0 aliphatic carbocycles. The highest BCUT2D eigenvalue weighted by Crippen LogP contribution is 2.37. The van der Waals surface area contributed by atoms with Gasteiger partial charge in [0.1, 0.15) is 35.4 Å². The SMILES string of the molecule is Nc1ncnc2c1c(-c1ccc(Oc3ccccc3)cc1)nn2C1CCCN(C2CCN(C(=O)N3CCN(CCCC4CCN(c5ccc6c(c5)C(=O)N(C5CCC(=O)NC5=O)C6=O)CC4)CC3)CC2)C1. The van der Waals surface area contributed by atoms with Gasteiger partial charge in [-0.25, -0.2) is 19.4 Å². The maximum Gasteiger partial charge on any atom is 0.320 e. The number of para-hydroxylation sites is 1. The predicted molar refractivity (Wildman–Crippen MR) is 267 cm³/mol. The van der Waals surface area contributed by atoms with Crippen molar-refractivity contribution < 1.29 is 28.7 Å². The smallest absolute Gasteiger partial charge is 0.320 e. The van der Waals surface area contributed by atoms with E-state index in [1.807, 2.05) is 60.7 Å². The number of ether oxygens (including phenoxy) is 1. The summed E-state index contributed by atoms with van der Waals surface area (Å²) in [6, 6.07) is 22.8. The van der Waals surface area contributed by atoms with Crippen LogP contribution in [0.2, 0.25) is 0 Å². The summed E-state index contributed by atoms with van der Waals surface area (Å²) >= 11 is 0. The van der Waals surface area contributed by atoms with Crippen LogP contribution in [0.25, 0.3) is 22.3 Å².